The molecule has 0 radical (unpaired) electrons. The van der Waals surface area contributed by atoms with Crippen LogP contribution < -0.4 is 11.1 Å². The quantitative estimate of drug-likeness (QED) is 0.820. The third-order valence-corrected chi connectivity index (χ3v) is 2.59. The van der Waals surface area contributed by atoms with Crippen molar-refractivity contribution in [2.45, 2.75) is 13.0 Å². The van der Waals surface area contributed by atoms with E-state index in [2.05, 4.69) is 15.3 Å². The van der Waals surface area contributed by atoms with E-state index in [0.29, 0.717) is 11.0 Å². The van der Waals surface area contributed by atoms with Crippen molar-refractivity contribution in [2.75, 3.05) is 11.1 Å². The van der Waals surface area contributed by atoms with Gasteiger partial charge in [0.05, 0.1) is 12.4 Å². The zero-order valence-corrected chi connectivity index (χ0v) is 10.1. The van der Waals surface area contributed by atoms with Gasteiger partial charge in [-0.25, -0.2) is 4.98 Å². The van der Waals surface area contributed by atoms with Gasteiger partial charge in [0, 0.05) is 11.7 Å². The van der Waals surface area contributed by atoms with E-state index in [-0.39, 0.29) is 6.04 Å². The summed E-state index contributed by atoms with van der Waals surface area (Å²) in [4.78, 5) is 8.09. The molecule has 5 heteroatoms. The monoisotopic (exact) mass is 248 g/mol. The highest BCUT2D eigenvalue weighted by Gasteiger charge is 2.06. The van der Waals surface area contributed by atoms with Crippen molar-refractivity contribution in [3.8, 4) is 0 Å². The third kappa shape index (κ3) is 3.07. The first-order chi connectivity index (χ1) is 8.15. The van der Waals surface area contributed by atoms with Crippen molar-refractivity contribution >= 4 is 23.1 Å². The van der Waals surface area contributed by atoms with Crippen molar-refractivity contribution < 1.29 is 0 Å². The van der Waals surface area contributed by atoms with Gasteiger partial charge < -0.3 is 11.1 Å². The summed E-state index contributed by atoms with van der Waals surface area (Å²) in [7, 11) is 0. The molecule has 3 N–H and O–H groups in total. The molecule has 1 aromatic heterocycles. The first kappa shape index (κ1) is 11.7. The highest BCUT2D eigenvalue weighted by Crippen LogP contribution is 2.19. The minimum absolute atomic E-state index is 0.114. The van der Waals surface area contributed by atoms with Crippen LogP contribution in [0.1, 0.15) is 18.5 Å². The van der Waals surface area contributed by atoms with Crippen molar-refractivity contribution in [2.24, 2.45) is 0 Å². The largest absolute Gasteiger partial charge is 0.399 e. The molecule has 0 aliphatic carbocycles. The number of hydrogen-bond acceptors (Lipinski definition) is 4. The molecule has 17 heavy (non-hydrogen) atoms. The van der Waals surface area contributed by atoms with Gasteiger partial charge in [-0.2, -0.15) is 0 Å². The summed E-state index contributed by atoms with van der Waals surface area (Å²) in [5, 5.41) is 3.59. The number of nitrogen functional groups attached to an aromatic ring is 1. The van der Waals surface area contributed by atoms with Crippen LogP contribution in [-0.4, -0.2) is 9.97 Å². The molecule has 1 aromatic carbocycles. The van der Waals surface area contributed by atoms with Crippen molar-refractivity contribution in [1.82, 2.24) is 9.97 Å². The Morgan fingerprint density at radius 2 is 1.94 bits per heavy atom. The van der Waals surface area contributed by atoms with Gasteiger partial charge in [0.2, 0.25) is 0 Å². The average Bonchev–Trinajstić information content (AvgIpc) is 2.29. The number of nitrogens with one attached hydrogen (secondary N) is 1. The van der Waals surface area contributed by atoms with Crippen LogP contribution in [0.3, 0.4) is 0 Å². The molecule has 4 nitrogen and oxygen atoms in total. The van der Waals surface area contributed by atoms with Crippen LogP contribution in [0, 0.1) is 0 Å². The molecule has 0 saturated heterocycles. The van der Waals surface area contributed by atoms with E-state index in [1.807, 2.05) is 31.2 Å². The van der Waals surface area contributed by atoms with E-state index in [1.165, 1.54) is 6.20 Å². The van der Waals surface area contributed by atoms with E-state index >= 15 is 0 Å². The van der Waals surface area contributed by atoms with Gasteiger partial charge in [-0.1, -0.05) is 23.7 Å². The topological polar surface area (TPSA) is 63.8 Å². The van der Waals surface area contributed by atoms with Crippen LogP contribution in [0.2, 0.25) is 5.15 Å². The Balaban J connectivity index is 2.11. The first-order valence-corrected chi connectivity index (χ1v) is 5.62. The molecule has 2 aromatic rings. The fraction of sp³-hybridized carbons (Fsp3) is 0.167. The number of hydrogen-bond donors (Lipinski definition) is 2. The zero-order valence-electron chi connectivity index (χ0n) is 9.39. The molecule has 0 spiro atoms. The van der Waals surface area contributed by atoms with E-state index < -0.39 is 0 Å². The Labute approximate surface area is 105 Å². The maximum absolute atomic E-state index is 5.76. The summed E-state index contributed by atoms with van der Waals surface area (Å²) in [6, 6.07) is 7.81. The Bertz CT molecular complexity index is 498. The standard InChI is InChI=1S/C12H13ClN4/c1-8(9-2-4-10(14)5-3-9)16-12-7-15-6-11(13)17-12/h2-8H,14H2,1H3,(H,16,17)/t8-/m0/s1. The minimum atomic E-state index is 0.114. The lowest BCUT2D eigenvalue weighted by Crippen LogP contribution is -2.08. The van der Waals surface area contributed by atoms with E-state index in [4.69, 9.17) is 17.3 Å². The SMILES string of the molecule is C[C@H](Nc1cncc(Cl)n1)c1ccc(N)cc1. The van der Waals surface area contributed by atoms with Crippen LogP contribution in [0.25, 0.3) is 0 Å². The molecular weight excluding hydrogens is 236 g/mol. The average molecular weight is 249 g/mol. The first-order valence-electron chi connectivity index (χ1n) is 5.24. The number of benzene rings is 1. The molecule has 0 saturated carbocycles. The van der Waals surface area contributed by atoms with Gasteiger partial charge in [-0.15, -0.1) is 0 Å². The minimum Gasteiger partial charge on any atom is -0.399 e. The lowest BCUT2D eigenvalue weighted by molar-refractivity contribution is 0.872. The fourth-order valence-corrected chi connectivity index (χ4v) is 1.65. The van der Waals surface area contributed by atoms with Gasteiger partial charge in [0.15, 0.2) is 0 Å². The Morgan fingerprint density at radius 3 is 2.59 bits per heavy atom. The molecular formula is C12H13ClN4. The second-order valence-electron chi connectivity index (χ2n) is 3.76. The normalized spacial score (nSPS) is 12.1. The predicted octanol–water partition coefficient (Wildman–Crippen LogP) is 2.89. The summed E-state index contributed by atoms with van der Waals surface area (Å²) in [5.74, 6) is 0.654. The van der Waals surface area contributed by atoms with Crippen molar-refractivity contribution in [1.29, 1.82) is 0 Å². The Morgan fingerprint density at radius 1 is 1.24 bits per heavy atom. The second kappa shape index (κ2) is 5.01. The molecule has 0 amide bonds. The van der Waals surface area contributed by atoms with E-state index in [0.717, 1.165) is 11.3 Å². The van der Waals surface area contributed by atoms with Gasteiger partial charge in [0.1, 0.15) is 11.0 Å². The molecule has 88 valence electrons. The number of rotatable bonds is 3. The summed E-state index contributed by atoms with van der Waals surface area (Å²) < 4.78 is 0. The third-order valence-electron chi connectivity index (χ3n) is 2.41. The number of nitrogens with zero attached hydrogens (tertiary/aromatic N) is 2. The summed E-state index contributed by atoms with van der Waals surface area (Å²) in [6.07, 6.45) is 3.14. The smallest absolute Gasteiger partial charge is 0.149 e. The van der Waals surface area contributed by atoms with Crippen LogP contribution in [-0.2, 0) is 0 Å². The number of anilines is 2. The summed E-state index contributed by atoms with van der Waals surface area (Å²) in [6.45, 7) is 2.04. The molecule has 0 bridgehead atoms. The van der Waals surface area contributed by atoms with Gasteiger partial charge in [0.25, 0.3) is 0 Å². The lowest BCUT2D eigenvalue weighted by Gasteiger charge is -2.14. The highest BCUT2D eigenvalue weighted by atomic mass is 35.5. The molecule has 0 aliphatic heterocycles. The van der Waals surface area contributed by atoms with Crippen LogP contribution in [0.4, 0.5) is 11.5 Å². The van der Waals surface area contributed by atoms with Crippen LogP contribution in [0.15, 0.2) is 36.7 Å². The predicted molar refractivity (Wildman–Crippen MR) is 69.9 cm³/mol. The van der Waals surface area contributed by atoms with Crippen molar-refractivity contribution in [3.63, 3.8) is 0 Å². The van der Waals surface area contributed by atoms with Gasteiger partial charge in [-0.05, 0) is 24.6 Å². The Hall–Kier alpha value is -1.81. The van der Waals surface area contributed by atoms with Crippen LogP contribution in [0.5, 0.6) is 0 Å². The molecule has 0 aliphatic rings. The van der Waals surface area contributed by atoms with E-state index in [1.54, 1.807) is 6.20 Å². The summed E-state index contributed by atoms with van der Waals surface area (Å²) >= 11 is 5.76. The fourth-order valence-electron chi connectivity index (χ4n) is 1.50. The van der Waals surface area contributed by atoms with Crippen LogP contribution >= 0.6 is 11.6 Å². The second-order valence-corrected chi connectivity index (χ2v) is 4.15. The maximum Gasteiger partial charge on any atom is 0.149 e. The lowest BCUT2D eigenvalue weighted by atomic mass is 10.1. The number of nitrogens with two attached hydrogens (primary N) is 1. The maximum atomic E-state index is 5.76. The summed E-state index contributed by atoms with van der Waals surface area (Å²) in [5.41, 5.74) is 7.52. The Kier molecular flexibility index (Phi) is 3.44. The number of halogens is 1. The molecule has 1 atom stereocenters. The molecule has 2 rings (SSSR count). The molecule has 0 fully saturated rings. The molecule has 1 heterocycles. The van der Waals surface area contributed by atoms with Gasteiger partial charge >= 0.3 is 0 Å². The number of aromatic nitrogens is 2. The van der Waals surface area contributed by atoms with E-state index in [9.17, 15) is 0 Å². The highest BCUT2D eigenvalue weighted by molar-refractivity contribution is 6.29. The van der Waals surface area contributed by atoms with Crippen molar-refractivity contribution in [3.05, 3.63) is 47.4 Å². The molecule has 0 unspecified atom stereocenters. The zero-order chi connectivity index (χ0) is 12.3. The van der Waals surface area contributed by atoms with Gasteiger partial charge in [-0.3, -0.25) is 4.98 Å².